The summed E-state index contributed by atoms with van der Waals surface area (Å²) >= 11 is 6.12. The lowest BCUT2D eigenvalue weighted by Crippen LogP contribution is -2.10. The van der Waals surface area contributed by atoms with Crippen LogP contribution in [0.1, 0.15) is 38.7 Å². The molecule has 0 saturated carbocycles. The maximum Gasteiger partial charge on any atom is 0.338 e. The van der Waals surface area contributed by atoms with Crippen LogP contribution in [0.3, 0.4) is 0 Å². The highest BCUT2D eigenvalue weighted by Gasteiger charge is 2.18. The number of ether oxygens (including phenoxy) is 3. The van der Waals surface area contributed by atoms with Crippen LogP contribution >= 0.6 is 11.6 Å². The van der Waals surface area contributed by atoms with Gasteiger partial charge >= 0.3 is 5.97 Å². The van der Waals surface area contributed by atoms with E-state index in [1.807, 2.05) is 0 Å². The molecular formula is C23H25ClF2O4. The molecular weight excluding hydrogens is 414 g/mol. The number of methoxy groups -OCH3 is 1. The molecule has 0 bridgehead atoms. The molecule has 0 aromatic heterocycles. The molecule has 0 heterocycles. The number of benzene rings is 2. The first-order chi connectivity index (χ1) is 14.3. The number of esters is 1. The van der Waals surface area contributed by atoms with Crippen LogP contribution in [0, 0.1) is 11.6 Å². The van der Waals surface area contributed by atoms with E-state index < -0.39 is 17.6 Å². The topological polar surface area (TPSA) is 44.8 Å². The van der Waals surface area contributed by atoms with Crippen molar-refractivity contribution in [3.05, 3.63) is 64.2 Å². The summed E-state index contributed by atoms with van der Waals surface area (Å²) in [6.07, 6.45) is 1.94. The second-order valence-corrected chi connectivity index (χ2v) is 7.04. The minimum atomic E-state index is -0.747. The number of rotatable bonds is 10. The fourth-order valence-electron chi connectivity index (χ4n) is 2.96. The lowest BCUT2D eigenvalue weighted by atomic mass is 9.97. The summed E-state index contributed by atoms with van der Waals surface area (Å²) in [7, 11) is 1.56. The van der Waals surface area contributed by atoms with E-state index in [1.165, 1.54) is 0 Å². The van der Waals surface area contributed by atoms with Gasteiger partial charge in [-0.2, -0.15) is 0 Å². The van der Waals surface area contributed by atoms with Crippen LogP contribution < -0.4 is 9.47 Å². The van der Waals surface area contributed by atoms with E-state index in [4.69, 9.17) is 25.8 Å². The van der Waals surface area contributed by atoms with Gasteiger partial charge in [-0.1, -0.05) is 17.2 Å². The van der Waals surface area contributed by atoms with Gasteiger partial charge in [0.1, 0.15) is 23.1 Å². The van der Waals surface area contributed by atoms with E-state index in [-0.39, 0.29) is 17.7 Å². The molecule has 0 atom stereocenters. The Morgan fingerprint density at radius 2 is 1.77 bits per heavy atom. The largest absolute Gasteiger partial charge is 0.497 e. The molecule has 0 saturated heterocycles. The van der Waals surface area contributed by atoms with Crippen molar-refractivity contribution in [2.75, 3.05) is 20.3 Å². The second kappa shape index (κ2) is 11.6. The average molecular weight is 439 g/mol. The zero-order valence-electron chi connectivity index (χ0n) is 17.3. The second-order valence-electron chi connectivity index (χ2n) is 6.64. The molecule has 162 valence electrons. The SMILES string of the molecule is CCOC(=O)/C(=C(/C)CCCCOc1cc(OC)ccc1Cl)c1cc(F)cc(F)c1. The van der Waals surface area contributed by atoms with Crippen molar-refractivity contribution in [3.63, 3.8) is 0 Å². The molecule has 0 N–H and O–H groups in total. The number of hydrogen-bond acceptors (Lipinski definition) is 4. The third kappa shape index (κ3) is 6.73. The lowest BCUT2D eigenvalue weighted by Gasteiger charge is -2.13. The summed E-state index contributed by atoms with van der Waals surface area (Å²) in [6, 6.07) is 8.19. The fourth-order valence-corrected chi connectivity index (χ4v) is 3.13. The highest BCUT2D eigenvalue weighted by Crippen LogP contribution is 2.29. The number of allylic oxidation sites excluding steroid dienone is 1. The molecule has 7 heteroatoms. The van der Waals surface area contributed by atoms with E-state index in [1.54, 1.807) is 39.2 Å². The summed E-state index contributed by atoms with van der Waals surface area (Å²) in [5, 5.41) is 0.490. The lowest BCUT2D eigenvalue weighted by molar-refractivity contribution is -0.136. The van der Waals surface area contributed by atoms with Gasteiger partial charge in [0.15, 0.2) is 0 Å². The molecule has 2 aromatic carbocycles. The third-order valence-electron chi connectivity index (χ3n) is 4.40. The van der Waals surface area contributed by atoms with Gasteiger partial charge in [0.25, 0.3) is 0 Å². The van der Waals surface area contributed by atoms with E-state index in [9.17, 15) is 13.6 Å². The molecule has 0 unspecified atom stereocenters. The van der Waals surface area contributed by atoms with Crippen LogP contribution in [-0.2, 0) is 9.53 Å². The molecule has 0 radical (unpaired) electrons. The number of carbonyl (C=O) groups is 1. The molecule has 0 aliphatic rings. The standard InChI is InChI=1S/C23H25ClF2O4/c1-4-29-23(27)22(16-11-17(25)13-18(26)12-16)15(2)7-5-6-10-30-21-14-19(28-3)8-9-20(21)24/h8-9,11-14H,4-7,10H2,1-3H3/b22-15-. The Hall–Kier alpha value is -2.60. The Balaban J connectivity index is 2.03. The summed E-state index contributed by atoms with van der Waals surface area (Å²) in [5.41, 5.74) is 1.05. The summed E-state index contributed by atoms with van der Waals surface area (Å²) in [6.45, 7) is 4.03. The van der Waals surface area contributed by atoms with E-state index in [0.29, 0.717) is 48.0 Å². The molecule has 0 fully saturated rings. The summed E-state index contributed by atoms with van der Waals surface area (Å²) in [4.78, 5) is 12.4. The molecule has 2 rings (SSSR count). The minimum absolute atomic E-state index is 0.169. The van der Waals surface area contributed by atoms with E-state index >= 15 is 0 Å². The van der Waals surface area contributed by atoms with Gasteiger partial charge in [-0.3, -0.25) is 0 Å². The average Bonchev–Trinajstić information content (AvgIpc) is 2.68. The van der Waals surface area contributed by atoms with Crippen LogP contribution in [0.5, 0.6) is 11.5 Å². The van der Waals surface area contributed by atoms with Crippen molar-refractivity contribution in [2.24, 2.45) is 0 Å². The predicted molar refractivity (Wildman–Crippen MR) is 113 cm³/mol. The summed E-state index contributed by atoms with van der Waals surface area (Å²) < 4.78 is 43.2. The molecule has 0 aliphatic carbocycles. The summed E-state index contributed by atoms with van der Waals surface area (Å²) in [5.74, 6) is -0.911. The quantitative estimate of drug-likeness (QED) is 0.251. The van der Waals surface area contributed by atoms with Gasteiger partial charge in [-0.05, 0) is 62.9 Å². The van der Waals surface area contributed by atoms with Crippen LogP contribution in [-0.4, -0.2) is 26.3 Å². The molecule has 0 amide bonds. The Bertz CT molecular complexity index is 892. The Labute approximate surface area is 180 Å². The van der Waals surface area contributed by atoms with Gasteiger partial charge in [0, 0.05) is 12.1 Å². The predicted octanol–water partition coefficient (Wildman–Crippen LogP) is 6.21. The molecule has 0 spiro atoms. The van der Waals surface area contributed by atoms with Crippen molar-refractivity contribution in [1.82, 2.24) is 0 Å². The number of hydrogen-bond donors (Lipinski definition) is 0. The third-order valence-corrected chi connectivity index (χ3v) is 4.71. The highest BCUT2D eigenvalue weighted by molar-refractivity contribution is 6.32. The number of unbranched alkanes of at least 4 members (excludes halogenated alkanes) is 1. The van der Waals surface area contributed by atoms with Gasteiger partial charge in [0.2, 0.25) is 0 Å². The zero-order valence-corrected chi connectivity index (χ0v) is 18.0. The highest BCUT2D eigenvalue weighted by atomic mass is 35.5. The van der Waals surface area contributed by atoms with Crippen molar-refractivity contribution in [2.45, 2.75) is 33.1 Å². The smallest absolute Gasteiger partial charge is 0.338 e. The molecule has 30 heavy (non-hydrogen) atoms. The van der Waals surface area contributed by atoms with E-state index in [2.05, 4.69) is 0 Å². The van der Waals surface area contributed by atoms with Crippen LogP contribution in [0.15, 0.2) is 42.0 Å². The Kier molecular flexibility index (Phi) is 9.12. The first kappa shape index (κ1) is 23.7. The maximum atomic E-state index is 13.7. The minimum Gasteiger partial charge on any atom is -0.497 e. The monoisotopic (exact) mass is 438 g/mol. The van der Waals surface area contributed by atoms with Gasteiger partial charge in [-0.25, -0.2) is 13.6 Å². The molecule has 0 aliphatic heterocycles. The Morgan fingerprint density at radius 1 is 1.07 bits per heavy atom. The molecule has 2 aromatic rings. The van der Waals surface area contributed by atoms with Gasteiger partial charge in [-0.15, -0.1) is 0 Å². The van der Waals surface area contributed by atoms with Crippen LogP contribution in [0.4, 0.5) is 8.78 Å². The van der Waals surface area contributed by atoms with Crippen molar-refractivity contribution < 1.29 is 27.8 Å². The maximum absolute atomic E-state index is 13.7. The van der Waals surface area contributed by atoms with Crippen molar-refractivity contribution >= 4 is 23.1 Å². The zero-order chi connectivity index (χ0) is 22.1. The van der Waals surface area contributed by atoms with Gasteiger partial charge < -0.3 is 14.2 Å². The van der Waals surface area contributed by atoms with E-state index in [0.717, 1.165) is 18.2 Å². The number of halogens is 3. The van der Waals surface area contributed by atoms with Crippen molar-refractivity contribution in [3.8, 4) is 11.5 Å². The van der Waals surface area contributed by atoms with Gasteiger partial charge in [0.05, 0.1) is 30.9 Å². The first-order valence-corrected chi connectivity index (χ1v) is 10.0. The van der Waals surface area contributed by atoms with Crippen LogP contribution in [0.25, 0.3) is 5.57 Å². The normalized spacial score (nSPS) is 11.7. The van der Waals surface area contributed by atoms with Crippen molar-refractivity contribution in [1.29, 1.82) is 0 Å². The van der Waals surface area contributed by atoms with Crippen LogP contribution in [0.2, 0.25) is 5.02 Å². The number of carbonyl (C=O) groups excluding carboxylic acids is 1. The fraction of sp³-hybridized carbons (Fsp3) is 0.348. The first-order valence-electron chi connectivity index (χ1n) is 9.65. The molecule has 4 nitrogen and oxygen atoms in total. The Morgan fingerprint density at radius 3 is 2.40 bits per heavy atom.